The van der Waals surface area contributed by atoms with E-state index >= 15 is 0 Å². The molecule has 2 saturated carbocycles. The Labute approximate surface area is 228 Å². The molecule has 0 N–H and O–H groups in total. The number of sulfonamides is 1. The standard InChI is InChI=1S/C31H40N2O3SSi/c1-30(2)25-17-18-31(30)22-37(34,35)33(28(31)19-25)29(36-38(3,4)5)16-15-24-21-32(20-23-11-7-6-8-12-23)27-14-10-9-13-26(24)27/h6-14,16,21,25,28H,15,17-20,22H2,1-5H3/b29-16-/t25-,28-,31-/m0/s1. The molecule has 2 heterocycles. The van der Waals surface area contributed by atoms with Crippen LogP contribution in [0.25, 0.3) is 10.9 Å². The molecule has 1 aromatic heterocycles. The topological polar surface area (TPSA) is 51.5 Å². The Morgan fingerprint density at radius 3 is 2.50 bits per heavy atom. The van der Waals surface area contributed by atoms with Crippen molar-refractivity contribution in [1.82, 2.24) is 8.87 Å². The van der Waals surface area contributed by atoms with E-state index in [1.54, 1.807) is 4.31 Å². The fraction of sp³-hybridized carbons (Fsp3) is 0.484. The maximum Gasteiger partial charge on any atom is 0.244 e. The molecule has 3 fully saturated rings. The van der Waals surface area contributed by atoms with Gasteiger partial charge < -0.3 is 8.99 Å². The van der Waals surface area contributed by atoms with Crippen LogP contribution in [-0.2, 0) is 27.4 Å². The largest absolute Gasteiger partial charge is 0.532 e. The van der Waals surface area contributed by atoms with Crippen LogP contribution in [0.1, 0.15) is 44.2 Å². The third kappa shape index (κ3) is 4.04. The SMILES string of the molecule is CC1(C)[C@H]2CC[C@@]13CS(=O)(=O)N(/C(=C/Cc1cn(Cc4ccccc4)c4ccccc14)O[Si](C)(C)C)[C@H]3C2. The van der Waals surface area contributed by atoms with E-state index in [0.29, 0.717) is 18.2 Å². The number of rotatable bonds is 7. The number of hydrogen-bond acceptors (Lipinski definition) is 3. The Morgan fingerprint density at radius 2 is 1.79 bits per heavy atom. The van der Waals surface area contributed by atoms with E-state index in [1.807, 2.05) is 6.07 Å². The van der Waals surface area contributed by atoms with Gasteiger partial charge in [-0.25, -0.2) is 12.7 Å². The summed E-state index contributed by atoms with van der Waals surface area (Å²) in [7, 11) is -5.53. The molecule has 0 amide bonds. The third-order valence-electron chi connectivity index (χ3n) is 9.60. The average molecular weight is 549 g/mol. The predicted octanol–water partition coefficient (Wildman–Crippen LogP) is 6.77. The van der Waals surface area contributed by atoms with Crippen LogP contribution < -0.4 is 0 Å². The minimum absolute atomic E-state index is 0.00303. The van der Waals surface area contributed by atoms with Gasteiger partial charge in [-0.3, -0.25) is 0 Å². The van der Waals surface area contributed by atoms with E-state index in [9.17, 15) is 8.42 Å². The molecule has 2 bridgehead atoms. The zero-order valence-electron chi connectivity index (χ0n) is 23.3. The maximum atomic E-state index is 13.8. The molecule has 5 nitrogen and oxygen atoms in total. The molecule has 202 valence electrons. The molecule has 0 unspecified atom stereocenters. The quantitative estimate of drug-likeness (QED) is 0.242. The van der Waals surface area contributed by atoms with Gasteiger partial charge in [0.2, 0.25) is 18.3 Å². The molecule has 1 saturated heterocycles. The van der Waals surface area contributed by atoms with Crippen molar-refractivity contribution in [2.45, 2.75) is 71.8 Å². The molecule has 1 aliphatic heterocycles. The summed E-state index contributed by atoms with van der Waals surface area (Å²) in [4.78, 5) is 0. The van der Waals surface area contributed by atoms with Gasteiger partial charge >= 0.3 is 0 Å². The van der Waals surface area contributed by atoms with Crippen molar-refractivity contribution in [1.29, 1.82) is 0 Å². The van der Waals surface area contributed by atoms with Crippen molar-refractivity contribution in [3.05, 3.63) is 83.9 Å². The van der Waals surface area contributed by atoms with Crippen LogP contribution in [0.15, 0.2) is 72.8 Å². The fourth-order valence-corrected chi connectivity index (χ4v) is 11.1. The molecular weight excluding hydrogens is 509 g/mol. The monoisotopic (exact) mass is 548 g/mol. The molecule has 2 aliphatic carbocycles. The van der Waals surface area contributed by atoms with E-state index in [2.05, 4.69) is 98.9 Å². The summed E-state index contributed by atoms with van der Waals surface area (Å²) < 4.78 is 38.3. The molecule has 2 aromatic carbocycles. The smallest absolute Gasteiger partial charge is 0.244 e. The zero-order valence-corrected chi connectivity index (χ0v) is 25.1. The van der Waals surface area contributed by atoms with E-state index in [-0.39, 0.29) is 22.6 Å². The lowest BCUT2D eigenvalue weighted by molar-refractivity contribution is 0.108. The zero-order chi connectivity index (χ0) is 26.9. The maximum absolute atomic E-state index is 13.8. The first kappa shape index (κ1) is 25.7. The van der Waals surface area contributed by atoms with E-state index in [4.69, 9.17) is 4.43 Å². The van der Waals surface area contributed by atoms with Crippen molar-refractivity contribution in [3.63, 3.8) is 0 Å². The second-order valence-corrected chi connectivity index (χ2v) is 19.4. The highest BCUT2D eigenvalue weighted by atomic mass is 32.2. The van der Waals surface area contributed by atoms with E-state index in [1.165, 1.54) is 22.0 Å². The van der Waals surface area contributed by atoms with Gasteiger partial charge in [-0.05, 0) is 79.9 Å². The lowest BCUT2D eigenvalue weighted by Gasteiger charge is -2.38. The van der Waals surface area contributed by atoms with Crippen LogP contribution in [0.4, 0.5) is 0 Å². The number of benzene rings is 2. The van der Waals surface area contributed by atoms with Gasteiger partial charge in [-0.15, -0.1) is 0 Å². The summed E-state index contributed by atoms with van der Waals surface area (Å²) in [6.07, 6.45) is 7.99. The van der Waals surface area contributed by atoms with Crippen molar-refractivity contribution >= 4 is 29.2 Å². The molecule has 3 atom stereocenters. The van der Waals surface area contributed by atoms with Crippen molar-refractivity contribution < 1.29 is 12.8 Å². The lowest BCUT2D eigenvalue weighted by atomic mass is 9.69. The van der Waals surface area contributed by atoms with Crippen LogP contribution in [-0.4, -0.2) is 37.4 Å². The van der Waals surface area contributed by atoms with E-state index in [0.717, 1.165) is 25.8 Å². The summed E-state index contributed by atoms with van der Waals surface area (Å²) in [6.45, 7) is 11.8. The number of para-hydroxylation sites is 1. The number of hydrogen-bond donors (Lipinski definition) is 0. The molecule has 7 heteroatoms. The number of allylic oxidation sites excluding steroid dienone is 1. The van der Waals surface area contributed by atoms with Crippen LogP contribution in [0, 0.1) is 16.7 Å². The molecular formula is C31H40N2O3SSi. The average Bonchev–Trinajstić information content (AvgIpc) is 3.46. The van der Waals surface area contributed by atoms with Gasteiger partial charge in [0.1, 0.15) is 0 Å². The summed E-state index contributed by atoms with van der Waals surface area (Å²) in [5.41, 5.74) is 3.49. The summed E-state index contributed by atoms with van der Waals surface area (Å²) in [5.74, 6) is 1.39. The minimum Gasteiger partial charge on any atom is -0.532 e. The molecule has 3 aromatic rings. The molecule has 38 heavy (non-hydrogen) atoms. The van der Waals surface area contributed by atoms with Gasteiger partial charge in [0.25, 0.3) is 0 Å². The minimum atomic E-state index is -3.46. The molecule has 1 spiro atoms. The summed E-state index contributed by atoms with van der Waals surface area (Å²) in [6, 6.07) is 19.0. The highest BCUT2D eigenvalue weighted by Gasteiger charge is 2.72. The molecule has 3 aliphatic rings. The normalized spacial score (nSPS) is 27.7. The van der Waals surface area contributed by atoms with Crippen molar-refractivity contribution in [2.75, 3.05) is 5.75 Å². The predicted molar refractivity (Wildman–Crippen MR) is 157 cm³/mol. The second-order valence-electron chi connectivity index (χ2n) is 13.2. The fourth-order valence-electron chi connectivity index (χ4n) is 7.66. The summed E-state index contributed by atoms with van der Waals surface area (Å²) >= 11 is 0. The first-order valence-corrected chi connectivity index (χ1v) is 19.0. The van der Waals surface area contributed by atoms with Gasteiger partial charge in [0.15, 0.2) is 5.88 Å². The molecule has 0 radical (unpaired) electrons. The number of nitrogens with zero attached hydrogens (tertiary/aromatic N) is 2. The van der Waals surface area contributed by atoms with Crippen LogP contribution in [0.5, 0.6) is 0 Å². The first-order chi connectivity index (χ1) is 17.9. The van der Waals surface area contributed by atoms with Crippen LogP contribution in [0.3, 0.4) is 0 Å². The van der Waals surface area contributed by atoms with Crippen molar-refractivity contribution in [2.24, 2.45) is 16.7 Å². The molecule has 6 rings (SSSR count). The van der Waals surface area contributed by atoms with Crippen molar-refractivity contribution in [3.8, 4) is 0 Å². The Hall–Kier alpha value is -2.51. The highest BCUT2D eigenvalue weighted by molar-refractivity contribution is 7.89. The van der Waals surface area contributed by atoms with E-state index < -0.39 is 18.3 Å². The van der Waals surface area contributed by atoms with Gasteiger partial charge in [0, 0.05) is 29.1 Å². The van der Waals surface area contributed by atoms with Crippen LogP contribution >= 0.6 is 0 Å². The van der Waals surface area contributed by atoms with Gasteiger partial charge in [-0.1, -0.05) is 62.4 Å². The Bertz CT molecular complexity index is 1500. The number of fused-ring (bicyclic) bond motifs is 2. The Balaban J connectivity index is 1.38. The van der Waals surface area contributed by atoms with Gasteiger partial charge in [0.05, 0.1) is 11.8 Å². The Kier molecular flexibility index (Phi) is 5.93. The van der Waals surface area contributed by atoms with Gasteiger partial charge in [-0.2, -0.15) is 0 Å². The number of aromatic nitrogens is 1. The lowest BCUT2D eigenvalue weighted by Crippen LogP contribution is -2.43. The highest BCUT2D eigenvalue weighted by Crippen LogP contribution is 2.70. The summed E-state index contributed by atoms with van der Waals surface area (Å²) in [5, 5.41) is 1.20. The Morgan fingerprint density at radius 1 is 1.08 bits per heavy atom. The third-order valence-corrected chi connectivity index (χ3v) is 12.3. The van der Waals surface area contributed by atoms with Crippen LogP contribution in [0.2, 0.25) is 19.6 Å². The second kappa shape index (κ2) is 8.75. The first-order valence-electron chi connectivity index (χ1n) is 13.9.